The molecule has 0 aliphatic heterocycles. The Labute approximate surface area is 84.8 Å². The predicted molar refractivity (Wildman–Crippen MR) is 48.7 cm³/mol. The number of hydrogen-bond acceptors (Lipinski definition) is 3. The Balaban J connectivity index is 2.90. The minimum atomic E-state index is -1.06. The van der Waals surface area contributed by atoms with E-state index in [4.69, 9.17) is 5.11 Å². The molecule has 1 aromatic rings. The maximum atomic E-state index is 12.8. The molecule has 1 rings (SSSR count). The SMILES string of the molecule is O=Cc1cc(C#CCC(=O)O)ncc1F. The summed E-state index contributed by atoms with van der Waals surface area (Å²) in [6, 6.07) is 1.16. The zero-order valence-corrected chi connectivity index (χ0v) is 7.53. The summed E-state index contributed by atoms with van der Waals surface area (Å²) in [5, 5.41) is 8.30. The van der Waals surface area contributed by atoms with Crippen LogP contribution in [0.1, 0.15) is 22.5 Å². The molecule has 1 N–H and O–H groups in total. The molecular formula is C10H6FNO3. The first-order chi connectivity index (χ1) is 7.13. The second kappa shape index (κ2) is 4.86. The number of aldehydes is 1. The molecule has 5 heteroatoms. The zero-order valence-electron chi connectivity index (χ0n) is 7.53. The molecule has 15 heavy (non-hydrogen) atoms. The molecule has 0 saturated carbocycles. The van der Waals surface area contributed by atoms with E-state index >= 15 is 0 Å². The van der Waals surface area contributed by atoms with Gasteiger partial charge in [-0.25, -0.2) is 9.37 Å². The third-order valence-corrected chi connectivity index (χ3v) is 1.47. The van der Waals surface area contributed by atoms with Crippen molar-refractivity contribution >= 4 is 12.3 Å². The van der Waals surface area contributed by atoms with Crippen molar-refractivity contribution in [1.29, 1.82) is 0 Å². The number of carbonyl (C=O) groups excluding carboxylic acids is 1. The molecule has 0 fully saturated rings. The third-order valence-electron chi connectivity index (χ3n) is 1.47. The van der Waals surface area contributed by atoms with Crippen molar-refractivity contribution in [2.45, 2.75) is 6.42 Å². The van der Waals surface area contributed by atoms with Gasteiger partial charge < -0.3 is 5.11 Å². The van der Waals surface area contributed by atoms with Crippen LogP contribution in [0, 0.1) is 17.7 Å². The van der Waals surface area contributed by atoms with Crippen LogP contribution < -0.4 is 0 Å². The summed E-state index contributed by atoms with van der Waals surface area (Å²) >= 11 is 0. The second-order valence-corrected chi connectivity index (χ2v) is 2.58. The second-order valence-electron chi connectivity index (χ2n) is 2.58. The molecule has 1 heterocycles. The van der Waals surface area contributed by atoms with Gasteiger partial charge in [-0.15, -0.1) is 0 Å². The summed E-state index contributed by atoms with van der Waals surface area (Å²) in [4.78, 5) is 24.1. The van der Waals surface area contributed by atoms with Gasteiger partial charge in [0.2, 0.25) is 0 Å². The van der Waals surface area contributed by atoms with Crippen LogP contribution in [0.4, 0.5) is 4.39 Å². The number of nitrogens with zero attached hydrogens (tertiary/aromatic N) is 1. The summed E-state index contributed by atoms with van der Waals surface area (Å²) < 4.78 is 12.8. The van der Waals surface area contributed by atoms with E-state index in [2.05, 4.69) is 16.8 Å². The van der Waals surface area contributed by atoms with E-state index in [1.165, 1.54) is 0 Å². The predicted octanol–water partition coefficient (Wildman–Crippen LogP) is 0.859. The first kappa shape index (κ1) is 10.9. The van der Waals surface area contributed by atoms with E-state index in [9.17, 15) is 14.0 Å². The highest BCUT2D eigenvalue weighted by Crippen LogP contribution is 2.04. The van der Waals surface area contributed by atoms with E-state index in [1.54, 1.807) is 0 Å². The minimum Gasteiger partial charge on any atom is -0.481 e. The molecule has 4 nitrogen and oxygen atoms in total. The van der Waals surface area contributed by atoms with Gasteiger partial charge in [-0.1, -0.05) is 5.92 Å². The molecule has 1 aromatic heterocycles. The normalized spacial score (nSPS) is 8.87. The summed E-state index contributed by atoms with van der Waals surface area (Å²) in [5.41, 5.74) is 0.0179. The van der Waals surface area contributed by atoms with Crippen LogP contribution in [0.5, 0.6) is 0 Å². The van der Waals surface area contributed by atoms with Crippen LogP contribution in [0.2, 0.25) is 0 Å². The molecule has 0 aliphatic carbocycles. The van der Waals surface area contributed by atoms with Gasteiger partial charge in [-0.3, -0.25) is 9.59 Å². The van der Waals surface area contributed by atoms with E-state index in [-0.39, 0.29) is 17.7 Å². The Morgan fingerprint density at radius 2 is 2.40 bits per heavy atom. The quantitative estimate of drug-likeness (QED) is 0.576. The topological polar surface area (TPSA) is 67.3 Å². The van der Waals surface area contributed by atoms with Gasteiger partial charge >= 0.3 is 5.97 Å². The summed E-state index contributed by atoms with van der Waals surface area (Å²) in [5.74, 6) is 2.95. The van der Waals surface area contributed by atoms with Crippen molar-refractivity contribution in [3.05, 3.63) is 29.3 Å². The fourth-order valence-corrected chi connectivity index (χ4v) is 0.823. The Morgan fingerprint density at radius 1 is 1.67 bits per heavy atom. The summed E-state index contributed by atoms with van der Waals surface area (Å²) in [6.07, 6.45) is 0.892. The average Bonchev–Trinajstić information content (AvgIpc) is 2.20. The lowest BCUT2D eigenvalue weighted by atomic mass is 10.2. The number of aromatic nitrogens is 1. The number of carbonyl (C=O) groups is 2. The van der Waals surface area contributed by atoms with Gasteiger partial charge in [-0.05, 0) is 12.0 Å². The number of pyridine rings is 1. The maximum absolute atomic E-state index is 12.8. The number of halogens is 1. The number of aliphatic carboxylic acids is 1. The average molecular weight is 207 g/mol. The van der Waals surface area contributed by atoms with Crippen LogP contribution >= 0.6 is 0 Å². The molecule has 76 valence electrons. The zero-order chi connectivity index (χ0) is 11.3. The van der Waals surface area contributed by atoms with Crippen LogP contribution in [0.25, 0.3) is 0 Å². The van der Waals surface area contributed by atoms with Crippen molar-refractivity contribution in [3.63, 3.8) is 0 Å². The molecule has 0 aliphatic rings. The maximum Gasteiger partial charge on any atom is 0.315 e. The number of hydrogen-bond donors (Lipinski definition) is 1. The van der Waals surface area contributed by atoms with Gasteiger partial charge in [0.15, 0.2) is 12.1 Å². The number of carboxylic acids is 1. The Morgan fingerprint density at radius 3 is 3.00 bits per heavy atom. The molecule has 0 aromatic carbocycles. The lowest BCUT2D eigenvalue weighted by Crippen LogP contribution is -1.93. The number of carboxylic acid groups (broad SMARTS) is 1. The van der Waals surface area contributed by atoms with Crippen molar-refractivity contribution < 1.29 is 19.1 Å². The largest absolute Gasteiger partial charge is 0.481 e. The van der Waals surface area contributed by atoms with Crippen LogP contribution in [0.15, 0.2) is 12.3 Å². The Kier molecular flexibility index (Phi) is 3.52. The highest BCUT2D eigenvalue weighted by atomic mass is 19.1. The Hall–Kier alpha value is -2.22. The lowest BCUT2D eigenvalue weighted by Gasteiger charge is -1.93. The highest BCUT2D eigenvalue weighted by Gasteiger charge is 2.01. The van der Waals surface area contributed by atoms with E-state index in [0.29, 0.717) is 6.29 Å². The molecule has 0 radical (unpaired) electrons. The van der Waals surface area contributed by atoms with Crippen LogP contribution in [-0.2, 0) is 4.79 Å². The van der Waals surface area contributed by atoms with Crippen LogP contribution in [-0.4, -0.2) is 22.3 Å². The van der Waals surface area contributed by atoms with Gasteiger partial charge in [0.05, 0.1) is 11.8 Å². The van der Waals surface area contributed by atoms with Crippen molar-refractivity contribution in [2.75, 3.05) is 0 Å². The third kappa shape index (κ3) is 3.19. The van der Waals surface area contributed by atoms with Crippen LogP contribution in [0.3, 0.4) is 0 Å². The summed E-state index contributed by atoms with van der Waals surface area (Å²) in [7, 11) is 0. The lowest BCUT2D eigenvalue weighted by molar-refractivity contribution is -0.135. The van der Waals surface area contributed by atoms with Crippen molar-refractivity contribution in [2.24, 2.45) is 0 Å². The van der Waals surface area contributed by atoms with E-state index < -0.39 is 11.8 Å². The van der Waals surface area contributed by atoms with Gasteiger partial charge in [0, 0.05) is 0 Å². The highest BCUT2D eigenvalue weighted by molar-refractivity contribution is 5.75. The monoisotopic (exact) mass is 207 g/mol. The molecule has 0 unspecified atom stereocenters. The fourth-order valence-electron chi connectivity index (χ4n) is 0.823. The molecule has 0 saturated heterocycles. The fraction of sp³-hybridized carbons (Fsp3) is 0.100. The van der Waals surface area contributed by atoms with E-state index in [0.717, 1.165) is 12.3 Å². The van der Waals surface area contributed by atoms with E-state index in [1.807, 2.05) is 0 Å². The molecule has 0 bridgehead atoms. The van der Waals surface area contributed by atoms with Gasteiger partial charge in [0.1, 0.15) is 12.1 Å². The molecule has 0 spiro atoms. The molecule has 0 atom stereocenters. The number of rotatable bonds is 2. The minimum absolute atomic E-state index is 0.148. The van der Waals surface area contributed by atoms with Crippen molar-refractivity contribution in [3.8, 4) is 11.8 Å². The first-order valence-corrected chi connectivity index (χ1v) is 3.95. The molecule has 0 amide bonds. The van der Waals surface area contributed by atoms with Gasteiger partial charge in [-0.2, -0.15) is 0 Å². The van der Waals surface area contributed by atoms with Crippen molar-refractivity contribution in [1.82, 2.24) is 4.98 Å². The smallest absolute Gasteiger partial charge is 0.315 e. The molecular weight excluding hydrogens is 201 g/mol. The first-order valence-electron chi connectivity index (χ1n) is 3.95. The summed E-state index contributed by atoms with van der Waals surface area (Å²) in [6.45, 7) is 0. The Bertz CT molecular complexity index is 459. The van der Waals surface area contributed by atoms with Gasteiger partial charge in [0.25, 0.3) is 0 Å². The standard InChI is InChI=1S/C10H6FNO3/c11-9-5-12-8(4-7(9)6-13)2-1-3-10(14)15/h4-6H,3H2,(H,14,15).